The minimum Gasteiger partial charge on any atom is -0.494 e. The third kappa shape index (κ3) is 8.68. The average molecular weight is 397 g/mol. The molecule has 2 aromatic rings. The Balaban J connectivity index is 1.76. The number of amides is 1. The molecule has 0 heterocycles. The Morgan fingerprint density at radius 1 is 1.03 bits per heavy atom. The normalized spacial score (nSPS) is 11.2. The number of benzene rings is 2. The fourth-order valence-corrected chi connectivity index (χ4v) is 2.48. The van der Waals surface area contributed by atoms with Gasteiger partial charge in [0.15, 0.2) is 5.96 Å². The summed E-state index contributed by atoms with van der Waals surface area (Å²) in [6.45, 7) is 8.59. The van der Waals surface area contributed by atoms with Crippen molar-refractivity contribution < 1.29 is 9.53 Å². The van der Waals surface area contributed by atoms with E-state index < -0.39 is 0 Å². The molecule has 6 heteroatoms. The summed E-state index contributed by atoms with van der Waals surface area (Å²) in [5, 5.41) is 9.48. The SMILES string of the molecule is CCNC(=NCc1ccc(NC(=O)C(C)C)cc1)NCCCOc1ccccc1. The Bertz CT molecular complexity index is 758. The first-order chi connectivity index (χ1) is 14.1. The standard InChI is InChI=1S/C23H32N4O2/c1-4-24-23(25-15-8-16-29-21-9-6-5-7-10-21)26-17-19-11-13-20(14-12-19)27-22(28)18(2)3/h5-7,9-14,18H,4,8,15-17H2,1-3H3,(H,27,28)(H2,24,25,26). The van der Waals surface area contributed by atoms with E-state index in [9.17, 15) is 4.79 Å². The van der Waals surface area contributed by atoms with Crippen molar-refractivity contribution in [3.8, 4) is 5.75 Å². The number of nitrogens with one attached hydrogen (secondary N) is 3. The van der Waals surface area contributed by atoms with Gasteiger partial charge in [-0.1, -0.05) is 44.2 Å². The van der Waals surface area contributed by atoms with E-state index in [0.717, 1.165) is 42.5 Å². The molecule has 156 valence electrons. The predicted molar refractivity (Wildman–Crippen MR) is 119 cm³/mol. The molecule has 0 atom stereocenters. The van der Waals surface area contributed by atoms with Gasteiger partial charge in [0.25, 0.3) is 0 Å². The highest BCUT2D eigenvalue weighted by Crippen LogP contribution is 2.12. The summed E-state index contributed by atoms with van der Waals surface area (Å²) in [4.78, 5) is 16.4. The zero-order valence-corrected chi connectivity index (χ0v) is 17.6. The number of hydrogen-bond acceptors (Lipinski definition) is 3. The van der Waals surface area contributed by atoms with Crippen LogP contribution in [0.5, 0.6) is 5.75 Å². The monoisotopic (exact) mass is 396 g/mol. The van der Waals surface area contributed by atoms with Crippen LogP contribution in [0.4, 0.5) is 5.69 Å². The molecule has 0 saturated carbocycles. The molecule has 0 aliphatic rings. The van der Waals surface area contributed by atoms with Gasteiger partial charge in [0.2, 0.25) is 5.91 Å². The van der Waals surface area contributed by atoms with Crippen LogP contribution in [-0.2, 0) is 11.3 Å². The second-order valence-electron chi connectivity index (χ2n) is 6.98. The highest BCUT2D eigenvalue weighted by atomic mass is 16.5. The van der Waals surface area contributed by atoms with Gasteiger partial charge in [-0.15, -0.1) is 0 Å². The quantitative estimate of drug-likeness (QED) is 0.324. The first-order valence-electron chi connectivity index (χ1n) is 10.2. The predicted octanol–water partition coefficient (Wildman–Crippen LogP) is 3.81. The van der Waals surface area contributed by atoms with Crippen LogP contribution in [0.3, 0.4) is 0 Å². The summed E-state index contributed by atoms with van der Waals surface area (Å²) in [5.74, 6) is 1.65. The summed E-state index contributed by atoms with van der Waals surface area (Å²) in [7, 11) is 0. The Hall–Kier alpha value is -3.02. The number of ether oxygens (including phenoxy) is 1. The van der Waals surface area contributed by atoms with Crippen LogP contribution >= 0.6 is 0 Å². The van der Waals surface area contributed by atoms with Crippen molar-refractivity contribution in [2.24, 2.45) is 10.9 Å². The second kappa shape index (κ2) is 12.4. The smallest absolute Gasteiger partial charge is 0.226 e. The molecule has 0 saturated heterocycles. The Kier molecular flexibility index (Phi) is 9.55. The van der Waals surface area contributed by atoms with Crippen molar-refractivity contribution in [3.63, 3.8) is 0 Å². The first-order valence-corrected chi connectivity index (χ1v) is 10.2. The van der Waals surface area contributed by atoms with E-state index in [1.807, 2.05) is 75.4 Å². The van der Waals surface area contributed by atoms with Crippen LogP contribution in [-0.4, -0.2) is 31.6 Å². The number of carbonyl (C=O) groups excluding carboxylic acids is 1. The highest BCUT2D eigenvalue weighted by Gasteiger charge is 2.06. The summed E-state index contributed by atoms with van der Waals surface area (Å²) < 4.78 is 5.70. The van der Waals surface area contributed by atoms with E-state index in [0.29, 0.717) is 13.2 Å². The zero-order valence-electron chi connectivity index (χ0n) is 17.6. The largest absolute Gasteiger partial charge is 0.494 e. The number of guanidine groups is 1. The van der Waals surface area contributed by atoms with Gasteiger partial charge in [0.05, 0.1) is 13.2 Å². The van der Waals surface area contributed by atoms with Gasteiger partial charge in [-0.3, -0.25) is 4.79 Å². The molecule has 2 aromatic carbocycles. The molecule has 29 heavy (non-hydrogen) atoms. The molecule has 0 aromatic heterocycles. The molecule has 6 nitrogen and oxygen atoms in total. The van der Waals surface area contributed by atoms with E-state index in [2.05, 4.69) is 20.9 Å². The fraction of sp³-hybridized carbons (Fsp3) is 0.391. The number of hydrogen-bond donors (Lipinski definition) is 3. The second-order valence-corrected chi connectivity index (χ2v) is 6.98. The number of para-hydroxylation sites is 1. The third-order valence-electron chi connectivity index (χ3n) is 4.14. The number of rotatable bonds is 10. The van der Waals surface area contributed by atoms with Crippen LogP contribution in [0.2, 0.25) is 0 Å². The summed E-state index contributed by atoms with van der Waals surface area (Å²) in [6.07, 6.45) is 0.879. The lowest BCUT2D eigenvalue weighted by atomic mass is 10.2. The molecule has 0 aliphatic carbocycles. The number of aliphatic imine (C=N–C) groups is 1. The molecular weight excluding hydrogens is 364 g/mol. The van der Waals surface area contributed by atoms with Crippen molar-refractivity contribution in [2.75, 3.05) is 25.0 Å². The van der Waals surface area contributed by atoms with Crippen LogP contribution in [0.25, 0.3) is 0 Å². The molecule has 0 bridgehead atoms. The van der Waals surface area contributed by atoms with E-state index in [1.165, 1.54) is 0 Å². The molecule has 1 amide bonds. The van der Waals surface area contributed by atoms with E-state index in [-0.39, 0.29) is 11.8 Å². The molecular formula is C23H32N4O2. The topological polar surface area (TPSA) is 74.8 Å². The highest BCUT2D eigenvalue weighted by molar-refractivity contribution is 5.92. The van der Waals surface area contributed by atoms with Gasteiger partial charge in [0.1, 0.15) is 5.75 Å². The Morgan fingerprint density at radius 3 is 2.41 bits per heavy atom. The van der Waals surface area contributed by atoms with Gasteiger partial charge >= 0.3 is 0 Å². The van der Waals surface area contributed by atoms with Gasteiger partial charge in [-0.05, 0) is 43.2 Å². The van der Waals surface area contributed by atoms with Gasteiger partial charge in [-0.2, -0.15) is 0 Å². The molecule has 0 radical (unpaired) electrons. The average Bonchev–Trinajstić information content (AvgIpc) is 2.73. The lowest BCUT2D eigenvalue weighted by molar-refractivity contribution is -0.118. The molecule has 0 aliphatic heterocycles. The van der Waals surface area contributed by atoms with E-state index >= 15 is 0 Å². The number of nitrogens with zero attached hydrogens (tertiary/aromatic N) is 1. The van der Waals surface area contributed by atoms with Crippen molar-refractivity contribution in [1.29, 1.82) is 0 Å². The molecule has 3 N–H and O–H groups in total. The minimum atomic E-state index is -0.0360. The minimum absolute atomic E-state index is 0.0191. The Morgan fingerprint density at radius 2 is 1.76 bits per heavy atom. The maximum absolute atomic E-state index is 11.8. The van der Waals surface area contributed by atoms with Crippen molar-refractivity contribution in [2.45, 2.75) is 33.7 Å². The van der Waals surface area contributed by atoms with E-state index in [1.54, 1.807) is 0 Å². The van der Waals surface area contributed by atoms with Crippen LogP contribution < -0.4 is 20.7 Å². The fourth-order valence-electron chi connectivity index (χ4n) is 2.48. The van der Waals surface area contributed by atoms with Crippen LogP contribution in [0, 0.1) is 5.92 Å². The first kappa shape index (κ1) is 22.3. The van der Waals surface area contributed by atoms with E-state index in [4.69, 9.17) is 4.74 Å². The van der Waals surface area contributed by atoms with Gasteiger partial charge < -0.3 is 20.7 Å². The summed E-state index contributed by atoms with van der Waals surface area (Å²) in [6, 6.07) is 17.6. The van der Waals surface area contributed by atoms with Crippen LogP contribution in [0.15, 0.2) is 59.6 Å². The number of anilines is 1. The Labute approximate surface area is 173 Å². The zero-order chi connectivity index (χ0) is 20.9. The van der Waals surface area contributed by atoms with Crippen molar-refractivity contribution in [1.82, 2.24) is 10.6 Å². The van der Waals surface area contributed by atoms with Crippen molar-refractivity contribution >= 4 is 17.6 Å². The van der Waals surface area contributed by atoms with Crippen LogP contribution in [0.1, 0.15) is 32.8 Å². The van der Waals surface area contributed by atoms with Gasteiger partial charge in [-0.25, -0.2) is 4.99 Å². The number of carbonyl (C=O) groups is 1. The summed E-state index contributed by atoms with van der Waals surface area (Å²) in [5.41, 5.74) is 1.89. The third-order valence-corrected chi connectivity index (χ3v) is 4.14. The maximum Gasteiger partial charge on any atom is 0.226 e. The van der Waals surface area contributed by atoms with Gasteiger partial charge in [0, 0.05) is 24.7 Å². The maximum atomic E-state index is 11.8. The molecule has 2 rings (SSSR count). The van der Waals surface area contributed by atoms with Crippen molar-refractivity contribution in [3.05, 3.63) is 60.2 Å². The summed E-state index contributed by atoms with van der Waals surface area (Å²) >= 11 is 0. The lowest BCUT2D eigenvalue weighted by Crippen LogP contribution is -2.38. The molecule has 0 spiro atoms. The lowest BCUT2D eigenvalue weighted by Gasteiger charge is -2.12. The molecule has 0 fully saturated rings. The molecule has 0 unspecified atom stereocenters.